The molecule has 3 heteroatoms. The molecule has 0 unspecified atom stereocenters. The van der Waals surface area contributed by atoms with Crippen molar-refractivity contribution in [2.24, 2.45) is 0 Å². The Balaban J connectivity index is 2.23. The van der Waals surface area contributed by atoms with Crippen LogP contribution in [0.25, 0.3) is 0 Å². The summed E-state index contributed by atoms with van der Waals surface area (Å²) in [5.41, 5.74) is 0. The second kappa shape index (κ2) is 4.90. The highest BCUT2D eigenvalue weighted by molar-refractivity contribution is 6.30. The number of methoxy groups -OCH3 is 1. The van der Waals surface area contributed by atoms with Crippen LogP contribution >= 0.6 is 11.6 Å². The van der Waals surface area contributed by atoms with Gasteiger partial charge in [-0.2, -0.15) is 0 Å². The van der Waals surface area contributed by atoms with Gasteiger partial charge in [-0.3, -0.25) is 0 Å². The third-order valence-corrected chi connectivity index (χ3v) is 2.30. The summed E-state index contributed by atoms with van der Waals surface area (Å²) >= 11 is 5.79. The van der Waals surface area contributed by atoms with Crippen molar-refractivity contribution in [2.75, 3.05) is 7.11 Å². The summed E-state index contributed by atoms with van der Waals surface area (Å²) in [7, 11) is 1.60. The molecule has 2 aromatic rings. The van der Waals surface area contributed by atoms with Crippen LogP contribution in [0.2, 0.25) is 5.02 Å². The van der Waals surface area contributed by atoms with Gasteiger partial charge in [-0.25, -0.2) is 0 Å². The number of halogens is 1. The largest absolute Gasteiger partial charge is 0.493 e. The lowest BCUT2D eigenvalue weighted by atomic mass is 10.3. The van der Waals surface area contributed by atoms with E-state index in [4.69, 9.17) is 21.1 Å². The van der Waals surface area contributed by atoms with Crippen molar-refractivity contribution in [1.29, 1.82) is 0 Å². The van der Waals surface area contributed by atoms with Crippen molar-refractivity contribution in [3.05, 3.63) is 53.6 Å². The lowest BCUT2D eigenvalue weighted by Gasteiger charge is -2.09. The van der Waals surface area contributed by atoms with E-state index in [9.17, 15) is 0 Å². The Hall–Kier alpha value is -1.67. The molecule has 0 fully saturated rings. The fourth-order valence-electron chi connectivity index (χ4n) is 1.27. The molecule has 0 atom stereocenters. The molecular weight excluding hydrogens is 224 g/mol. The van der Waals surface area contributed by atoms with Gasteiger partial charge in [0.15, 0.2) is 11.5 Å². The van der Waals surface area contributed by atoms with Gasteiger partial charge in [0.1, 0.15) is 5.75 Å². The fourth-order valence-corrected chi connectivity index (χ4v) is 1.40. The van der Waals surface area contributed by atoms with E-state index in [1.165, 1.54) is 0 Å². The number of hydrogen-bond acceptors (Lipinski definition) is 2. The maximum Gasteiger partial charge on any atom is 0.169 e. The molecule has 2 aromatic carbocycles. The van der Waals surface area contributed by atoms with Crippen LogP contribution in [0, 0.1) is 6.07 Å². The predicted molar refractivity (Wildman–Crippen MR) is 63.4 cm³/mol. The van der Waals surface area contributed by atoms with Crippen molar-refractivity contribution >= 4 is 11.6 Å². The van der Waals surface area contributed by atoms with Gasteiger partial charge >= 0.3 is 0 Å². The molecular formula is C13H10ClO2. The summed E-state index contributed by atoms with van der Waals surface area (Å²) in [6.45, 7) is 0. The van der Waals surface area contributed by atoms with Crippen LogP contribution in [0.1, 0.15) is 0 Å². The van der Waals surface area contributed by atoms with Crippen LogP contribution in [0.5, 0.6) is 17.2 Å². The standard InChI is InChI=1S/C13H10ClO2/c1-15-12-4-2-3-5-13(12)16-11-8-6-10(14)7-9-11/h3-9H,1H3. The summed E-state index contributed by atoms with van der Waals surface area (Å²) < 4.78 is 10.8. The predicted octanol–water partition coefficient (Wildman–Crippen LogP) is 3.94. The Labute approximate surface area is 99.4 Å². The van der Waals surface area contributed by atoms with Crippen molar-refractivity contribution in [3.63, 3.8) is 0 Å². The Morgan fingerprint density at radius 3 is 2.50 bits per heavy atom. The normalized spacial score (nSPS) is 9.88. The third-order valence-electron chi connectivity index (χ3n) is 2.05. The Kier molecular flexibility index (Phi) is 3.32. The van der Waals surface area contributed by atoms with E-state index >= 15 is 0 Å². The van der Waals surface area contributed by atoms with E-state index in [2.05, 4.69) is 6.07 Å². The second-order valence-electron chi connectivity index (χ2n) is 3.13. The smallest absolute Gasteiger partial charge is 0.169 e. The summed E-state index contributed by atoms with van der Waals surface area (Å²) in [6, 6.07) is 15.4. The average Bonchev–Trinajstić information content (AvgIpc) is 2.33. The van der Waals surface area contributed by atoms with Crippen LogP contribution < -0.4 is 9.47 Å². The maximum absolute atomic E-state index is 5.79. The van der Waals surface area contributed by atoms with Crippen LogP contribution in [0.15, 0.2) is 42.5 Å². The van der Waals surface area contributed by atoms with Crippen LogP contribution in [-0.4, -0.2) is 7.11 Å². The second-order valence-corrected chi connectivity index (χ2v) is 3.57. The quantitative estimate of drug-likeness (QED) is 0.800. The van der Waals surface area contributed by atoms with Crippen molar-refractivity contribution in [2.45, 2.75) is 0 Å². The molecule has 0 aliphatic carbocycles. The van der Waals surface area contributed by atoms with Gasteiger partial charge < -0.3 is 9.47 Å². The van der Waals surface area contributed by atoms with Gasteiger partial charge in [-0.1, -0.05) is 17.7 Å². The van der Waals surface area contributed by atoms with Crippen molar-refractivity contribution in [1.82, 2.24) is 0 Å². The SMILES string of the molecule is COc1c[c]ccc1Oc1ccc(Cl)cc1. The van der Waals surface area contributed by atoms with Gasteiger partial charge in [-0.05, 0) is 42.5 Å². The number of benzene rings is 2. The van der Waals surface area contributed by atoms with E-state index in [0.29, 0.717) is 22.3 Å². The molecule has 0 aliphatic rings. The first-order valence-electron chi connectivity index (χ1n) is 4.77. The first kappa shape index (κ1) is 10.8. The molecule has 0 bridgehead atoms. The van der Waals surface area contributed by atoms with E-state index in [1.807, 2.05) is 0 Å². The molecule has 2 rings (SSSR count). The van der Waals surface area contributed by atoms with E-state index in [0.717, 1.165) is 0 Å². The summed E-state index contributed by atoms with van der Waals surface area (Å²) in [6.07, 6.45) is 0. The molecule has 0 saturated heterocycles. The molecule has 0 aliphatic heterocycles. The van der Waals surface area contributed by atoms with Crippen LogP contribution in [0.3, 0.4) is 0 Å². The Morgan fingerprint density at radius 1 is 1.06 bits per heavy atom. The summed E-state index contributed by atoms with van der Waals surface area (Å²) in [4.78, 5) is 0. The number of ether oxygens (including phenoxy) is 2. The van der Waals surface area contributed by atoms with E-state index < -0.39 is 0 Å². The topological polar surface area (TPSA) is 18.5 Å². The first-order chi connectivity index (χ1) is 7.79. The highest BCUT2D eigenvalue weighted by Crippen LogP contribution is 2.30. The fraction of sp³-hybridized carbons (Fsp3) is 0.0769. The molecule has 0 spiro atoms. The van der Waals surface area contributed by atoms with Gasteiger partial charge in [0.05, 0.1) is 7.11 Å². The minimum Gasteiger partial charge on any atom is -0.493 e. The van der Waals surface area contributed by atoms with E-state index in [-0.39, 0.29) is 0 Å². The van der Waals surface area contributed by atoms with E-state index in [1.54, 1.807) is 49.6 Å². The Bertz CT molecular complexity index is 466. The van der Waals surface area contributed by atoms with Gasteiger partial charge in [0.25, 0.3) is 0 Å². The summed E-state index contributed by atoms with van der Waals surface area (Å²) in [5.74, 6) is 2.02. The Morgan fingerprint density at radius 2 is 1.81 bits per heavy atom. The average molecular weight is 234 g/mol. The lowest BCUT2D eigenvalue weighted by molar-refractivity contribution is 0.379. The molecule has 2 nitrogen and oxygen atoms in total. The van der Waals surface area contributed by atoms with Gasteiger partial charge in [-0.15, -0.1) is 0 Å². The van der Waals surface area contributed by atoms with Crippen molar-refractivity contribution < 1.29 is 9.47 Å². The van der Waals surface area contributed by atoms with Crippen LogP contribution in [0.4, 0.5) is 0 Å². The van der Waals surface area contributed by atoms with Gasteiger partial charge in [0.2, 0.25) is 0 Å². The number of rotatable bonds is 3. The highest BCUT2D eigenvalue weighted by Gasteiger charge is 2.03. The molecule has 0 aromatic heterocycles. The molecule has 0 amide bonds. The van der Waals surface area contributed by atoms with Gasteiger partial charge in [0, 0.05) is 5.02 Å². The monoisotopic (exact) mass is 233 g/mol. The minimum atomic E-state index is 0.650. The highest BCUT2D eigenvalue weighted by atomic mass is 35.5. The first-order valence-corrected chi connectivity index (χ1v) is 5.15. The molecule has 0 N–H and O–H groups in total. The minimum absolute atomic E-state index is 0.650. The van der Waals surface area contributed by atoms with Crippen LogP contribution in [-0.2, 0) is 0 Å². The van der Waals surface area contributed by atoms with Crippen molar-refractivity contribution in [3.8, 4) is 17.2 Å². The zero-order chi connectivity index (χ0) is 11.4. The summed E-state index contributed by atoms with van der Waals surface area (Å²) in [5, 5.41) is 0.681. The zero-order valence-corrected chi connectivity index (χ0v) is 9.49. The molecule has 0 saturated carbocycles. The molecule has 16 heavy (non-hydrogen) atoms. The maximum atomic E-state index is 5.79. The molecule has 81 valence electrons. The lowest BCUT2D eigenvalue weighted by Crippen LogP contribution is -1.89. The third kappa shape index (κ3) is 2.47. The molecule has 0 heterocycles. The number of hydrogen-bond donors (Lipinski definition) is 0. The zero-order valence-electron chi connectivity index (χ0n) is 8.74. The molecule has 1 radical (unpaired) electrons.